The summed E-state index contributed by atoms with van der Waals surface area (Å²) >= 11 is 9.92. The summed E-state index contributed by atoms with van der Waals surface area (Å²) in [5, 5.41) is 3.04. The average molecular weight is 713 g/mol. The number of anilines is 1. The lowest BCUT2D eigenvalue weighted by Crippen LogP contribution is -2.53. The summed E-state index contributed by atoms with van der Waals surface area (Å²) in [7, 11) is -2.79. The molecule has 45 heavy (non-hydrogen) atoms. The van der Waals surface area contributed by atoms with Gasteiger partial charge < -0.3 is 15.0 Å². The van der Waals surface area contributed by atoms with Crippen LogP contribution in [0.1, 0.15) is 23.6 Å². The van der Waals surface area contributed by atoms with Crippen LogP contribution < -0.4 is 14.4 Å². The molecular weight excluding hydrogens is 678 g/mol. The quantitative estimate of drug-likeness (QED) is 0.173. The van der Waals surface area contributed by atoms with Gasteiger partial charge in [-0.1, -0.05) is 87.7 Å². The Hall–Kier alpha value is -3.86. The number of carbonyl (C=O) groups is 2. The fourth-order valence-electron chi connectivity index (χ4n) is 4.85. The van der Waals surface area contributed by atoms with E-state index in [1.165, 1.54) is 36.3 Å². The monoisotopic (exact) mass is 711 g/mol. The van der Waals surface area contributed by atoms with E-state index in [0.717, 1.165) is 25.5 Å². The zero-order valence-corrected chi connectivity index (χ0v) is 28.4. The molecule has 0 heterocycles. The highest BCUT2D eigenvalue weighted by atomic mass is 79.9. The topological polar surface area (TPSA) is 96.0 Å². The second-order valence-corrected chi connectivity index (χ2v) is 13.6. The number of nitrogens with zero attached hydrogens (tertiary/aromatic N) is 2. The zero-order valence-electron chi connectivity index (χ0n) is 25.2. The smallest absolute Gasteiger partial charge is 0.264 e. The van der Waals surface area contributed by atoms with E-state index in [0.29, 0.717) is 12.3 Å². The lowest BCUT2D eigenvalue weighted by Gasteiger charge is -2.34. The van der Waals surface area contributed by atoms with Crippen LogP contribution in [0, 0.1) is 6.92 Å². The maximum atomic E-state index is 14.5. The van der Waals surface area contributed by atoms with E-state index in [1.54, 1.807) is 25.1 Å². The number of methoxy groups -OCH3 is 1. The summed E-state index contributed by atoms with van der Waals surface area (Å²) < 4.78 is 35.4. The molecule has 2 amide bonds. The van der Waals surface area contributed by atoms with Gasteiger partial charge in [0.2, 0.25) is 11.8 Å². The van der Waals surface area contributed by atoms with Gasteiger partial charge in [-0.15, -0.1) is 0 Å². The number of aryl methyl sites for hydroxylation is 1. The van der Waals surface area contributed by atoms with Crippen molar-refractivity contribution in [1.29, 1.82) is 0 Å². The van der Waals surface area contributed by atoms with Gasteiger partial charge >= 0.3 is 0 Å². The minimum atomic E-state index is -4.25. The Bertz CT molecular complexity index is 1740. The molecule has 8 nitrogen and oxygen atoms in total. The predicted octanol–water partition coefficient (Wildman–Crippen LogP) is 6.39. The first-order chi connectivity index (χ1) is 21.5. The van der Waals surface area contributed by atoms with Crippen LogP contribution in [0.5, 0.6) is 5.75 Å². The number of amides is 2. The molecule has 0 aromatic heterocycles. The molecule has 236 valence electrons. The van der Waals surface area contributed by atoms with Crippen molar-refractivity contribution in [1.82, 2.24) is 10.2 Å². The van der Waals surface area contributed by atoms with Gasteiger partial charge in [0.25, 0.3) is 10.0 Å². The van der Waals surface area contributed by atoms with Crippen LogP contribution in [0.15, 0.2) is 106 Å². The number of sulfonamides is 1. The Labute approximate surface area is 278 Å². The number of likely N-dealkylation sites (N-methyl/N-ethyl adjacent to an activating group) is 1. The molecule has 1 unspecified atom stereocenters. The van der Waals surface area contributed by atoms with Gasteiger partial charge in [-0.25, -0.2) is 8.42 Å². The number of hydrogen-bond donors (Lipinski definition) is 1. The fraction of sp³-hybridized carbons (Fsp3) is 0.235. The normalized spacial score (nSPS) is 11.8. The van der Waals surface area contributed by atoms with Crippen molar-refractivity contribution in [3.63, 3.8) is 0 Å². The number of nitrogens with one attached hydrogen (secondary N) is 1. The van der Waals surface area contributed by atoms with Gasteiger partial charge in [-0.2, -0.15) is 0 Å². The molecule has 1 atom stereocenters. The minimum absolute atomic E-state index is 0.0101. The second kappa shape index (κ2) is 15.4. The van der Waals surface area contributed by atoms with Crippen molar-refractivity contribution in [2.24, 2.45) is 0 Å². The molecule has 0 aliphatic carbocycles. The lowest BCUT2D eigenvalue weighted by molar-refractivity contribution is -0.140. The lowest BCUT2D eigenvalue weighted by atomic mass is 10.0. The van der Waals surface area contributed by atoms with Crippen molar-refractivity contribution in [2.75, 3.05) is 24.5 Å². The van der Waals surface area contributed by atoms with Crippen LogP contribution in [-0.4, -0.2) is 51.4 Å². The summed E-state index contributed by atoms with van der Waals surface area (Å²) in [6.45, 7) is 3.50. The fourth-order valence-corrected chi connectivity index (χ4v) is 6.96. The first kappa shape index (κ1) is 34.0. The molecule has 4 aromatic rings. The molecule has 4 aromatic carbocycles. The predicted molar refractivity (Wildman–Crippen MR) is 181 cm³/mol. The molecule has 0 aliphatic rings. The van der Waals surface area contributed by atoms with Gasteiger partial charge in [0.05, 0.1) is 22.7 Å². The van der Waals surface area contributed by atoms with E-state index in [4.69, 9.17) is 16.3 Å². The van der Waals surface area contributed by atoms with Crippen LogP contribution in [0.2, 0.25) is 5.02 Å². The number of benzene rings is 4. The van der Waals surface area contributed by atoms with Crippen LogP contribution in [0.25, 0.3) is 0 Å². The molecule has 11 heteroatoms. The number of carbonyl (C=O) groups excluding carboxylic acids is 2. The zero-order chi connectivity index (χ0) is 32.6. The maximum Gasteiger partial charge on any atom is 0.264 e. The van der Waals surface area contributed by atoms with Crippen molar-refractivity contribution in [2.45, 2.75) is 37.8 Å². The van der Waals surface area contributed by atoms with Gasteiger partial charge in [0.1, 0.15) is 18.3 Å². The van der Waals surface area contributed by atoms with E-state index >= 15 is 0 Å². The maximum absolute atomic E-state index is 14.5. The van der Waals surface area contributed by atoms with Crippen molar-refractivity contribution in [3.05, 3.63) is 123 Å². The third kappa shape index (κ3) is 8.65. The van der Waals surface area contributed by atoms with Crippen LogP contribution in [-0.2, 0) is 32.6 Å². The highest BCUT2D eigenvalue weighted by molar-refractivity contribution is 9.10. The average Bonchev–Trinajstić information content (AvgIpc) is 3.02. The summed E-state index contributed by atoms with van der Waals surface area (Å²) in [6, 6.07) is 26.8. The minimum Gasteiger partial charge on any atom is -0.495 e. The van der Waals surface area contributed by atoms with Crippen LogP contribution >= 0.6 is 27.5 Å². The van der Waals surface area contributed by atoms with Gasteiger partial charge in [-0.3, -0.25) is 13.9 Å². The first-order valence-corrected chi connectivity index (χ1v) is 16.9. The van der Waals surface area contributed by atoms with E-state index < -0.39 is 28.5 Å². The van der Waals surface area contributed by atoms with Crippen molar-refractivity contribution in [3.8, 4) is 5.75 Å². The Morgan fingerprint density at radius 1 is 0.933 bits per heavy atom. The van der Waals surface area contributed by atoms with Crippen LogP contribution in [0.4, 0.5) is 5.69 Å². The highest BCUT2D eigenvalue weighted by Crippen LogP contribution is 2.32. The van der Waals surface area contributed by atoms with E-state index in [2.05, 4.69) is 21.2 Å². The van der Waals surface area contributed by atoms with E-state index in [-0.39, 0.29) is 34.5 Å². The van der Waals surface area contributed by atoms with Gasteiger partial charge in [0.15, 0.2) is 0 Å². The van der Waals surface area contributed by atoms with E-state index in [9.17, 15) is 18.0 Å². The Kier molecular flexibility index (Phi) is 11.7. The van der Waals surface area contributed by atoms with Gasteiger partial charge in [0, 0.05) is 24.0 Å². The summed E-state index contributed by atoms with van der Waals surface area (Å²) in [4.78, 5) is 29.5. The van der Waals surface area contributed by atoms with E-state index in [1.807, 2.05) is 61.5 Å². The first-order valence-electron chi connectivity index (χ1n) is 14.3. The van der Waals surface area contributed by atoms with Crippen molar-refractivity contribution >= 4 is 55.1 Å². The molecule has 1 N–H and O–H groups in total. The number of hydrogen-bond acceptors (Lipinski definition) is 5. The molecule has 0 aliphatic heterocycles. The molecule has 0 bridgehead atoms. The third-order valence-electron chi connectivity index (χ3n) is 7.18. The highest BCUT2D eigenvalue weighted by Gasteiger charge is 2.34. The number of halogens is 2. The molecule has 4 rings (SSSR count). The number of rotatable bonds is 13. The Balaban J connectivity index is 1.82. The molecular formula is C34H35BrClN3O5S. The SMILES string of the molecule is CCNC(=O)C(Cc1ccccc1)N(Cc1cccc(Br)c1)C(=O)CN(c1ccc(OC)c(Cl)c1)S(=O)(=O)c1ccc(C)cc1. The summed E-state index contributed by atoms with van der Waals surface area (Å²) in [5.74, 6) is -0.551. The summed E-state index contributed by atoms with van der Waals surface area (Å²) in [6.07, 6.45) is 0.228. The largest absolute Gasteiger partial charge is 0.495 e. The number of ether oxygens (including phenoxy) is 1. The molecule has 0 saturated carbocycles. The summed E-state index contributed by atoms with van der Waals surface area (Å²) in [5.41, 5.74) is 2.68. The third-order valence-corrected chi connectivity index (χ3v) is 9.75. The van der Waals surface area contributed by atoms with Crippen LogP contribution in [0.3, 0.4) is 0 Å². The standard InChI is InChI=1S/C34H35BrClN3O5S/c1-4-37-34(41)31(20-25-9-6-5-7-10-25)38(22-26-11-8-12-27(35)19-26)33(40)23-39(28-15-18-32(44-3)30(36)21-28)45(42,43)29-16-13-24(2)14-17-29/h5-19,21,31H,4,20,22-23H2,1-3H3,(H,37,41). The molecule has 0 radical (unpaired) electrons. The Morgan fingerprint density at radius 2 is 1.62 bits per heavy atom. The van der Waals surface area contributed by atoms with Gasteiger partial charge in [-0.05, 0) is 67.4 Å². The molecule has 0 spiro atoms. The Morgan fingerprint density at radius 3 is 2.24 bits per heavy atom. The second-order valence-electron chi connectivity index (χ2n) is 10.4. The molecule has 0 fully saturated rings. The molecule has 0 saturated heterocycles. The van der Waals surface area contributed by atoms with Crippen molar-refractivity contribution < 1.29 is 22.7 Å².